The highest BCUT2D eigenvalue weighted by atomic mass is 16.2. The van der Waals surface area contributed by atoms with Crippen LogP contribution in [0.25, 0.3) is 0 Å². The van der Waals surface area contributed by atoms with Crippen LogP contribution in [0.1, 0.15) is 25.7 Å². The molecule has 1 aromatic rings. The molecule has 21 heavy (non-hydrogen) atoms. The predicted octanol–water partition coefficient (Wildman–Crippen LogP) is 0.885. The molecule has 4 amide bonds. The Morgan fingerprint density at radius 3 is 2.81 bits per heavy atom. The first kappa shape index (κ1) is 13.5. The van der Waals surface area contributed by atoms with E-state index in [2.05, 4.69) is 15.6 Å². The lowest BCUT2D eigenvalue weighted by Crippen LogP contribution is -2.44. The maximum atomic E-state index is 12.4. The first-order valence-corrected chi connectivity index (χ1v) is 6.95. The molecule has 2 fully saturated rings. The number of carbonyl (C=O) groups is 3. The minimum atomic E-state index is -0.772. The number of rotatable bonds is 3. The van der Waals surface area contributed by atoms with Crippen molar-refractivity contribution in [3.8, 4) is 0 Å². The van der Waals surface area contributed by atoms with Crippen LogP contribution < -0.4 is 10.6 Å². The Morgan fingerprint density at radius 1 is 1.38 bits per heavy atom. The minimum absolute atomic E-state index is 0.276. The fourth-order valence-corrected chi connectivity index (χ4v) is 2.92. The fourth-order valence-electron chi connectivity index (χ4n) is 2.92. The Hall–Kier alpha value is -2.44. The van der Waals surface area contributed by atoms with E-state index in [0.29, 0.717) is 18.5 Å². The van der Waals surface area contributed by atoms with Gasteiger partial charge in [0, 0.05) is 6.20 Å². The van der Waals surface area contributed by atoms with Gasteiger partial charge in [-0.25, -0.2) is 4.79 Å². The summed E-state index contributed by atoms with van der Waals surface area (Å²) in [5.74, 6) is -0.701. The van der Waals surface area contributed by atoms with E-state index >= 15 is 0 Å². The van der Waals surface area contributed by atoms with Gasteiger partial charge in [-0.3, -0.25) is 19.5 Å². The number of amides is 4. The average molecular weight is 288 g/mol. The Morgan fingerprint density at radius 2 is 2.14 bits per heavy atom. The van der Waals surface area contributed by atoms with E-state index in [4.69, 9.17) is 0 Å². The van der Waals surface area contributed by atoms with Crippen molar-refractivity contribution in [2.24, 2.45) is 0 Å². The minimum Gasteiger partial charge on any atom is -0.323 e. The van der Waals surface area contributed by atoms with Gasteiger partial charge in [0.2, 0.25) is 5.91 Å². The van der Waals surface area contributed by atoms with Crippen molar-refractivity contribution in [3.63, 3.8) is 0 Å². The quantitative estimate of drug-likeness (QED) is 0.808. The molecule has 2 aliphatic rings. The summed E-state index contributed by atoms with van der Waals surface area (Å²) in [4.78, 5) is 41.1. The lowest BCUT2D eigenvalue weighted by molar-refractivity contribution is -0.133. The van der Waals surface area contributed by atoms with E-state index in [1.165, 1.54) is 6.20 Å². The highest BCUT2D eigenvalue weighted by molar-refractivity contribution is 6.10. The molecule has 1 spiro atoms. The number of nitrogens with one attached hydrogen (secondary N) is 2. The second-order valence-electron chi connectivity index (χ2n) is 5.40. The van der Waals surface area contributed by atoms with Crippen LogP contribution in [0.15, 0.2) is 24.5 Å². The number of anilines is 1. The van der Waals surface area contributed by atoms with Crippen LogP contribution >= 0.6 is 0 Å². The highest BCUT2D eigenvalue weighted by Gasteiger charge is 2.52. The van der Waals surface area contributed by atoms with Gasteiger partial charge in [0.05, 0.1) is 11.9 Å². The molecular weight excluding hydrogens is 272 g/mol. The normalized spacial score (nSPS) is 19.9. The van der Waals surface area contributed by atoms with E-state index < -0.39 is 17.5 Å². The van der Waals surface area contributed by atoms with Crippen molar-refractivity contribution in [1.29, 1.82) is 0 Å². The van der Waals surface area contributed by atoms with Gasteiger partial charge in [0.25, 0.3) is 5.91 Å². The average Bonchev–Trinajstić information content (AvgIpc) is 3.02. The molecule has 1 aromatic heterocycles. The van der Waals surface area contributed by atoms with Crippen molar-refractivity contribution < 1.29 is 14.4 Å². The third-order valence-corrected chi connectivity index (χ3v) is 3.95. The van der Waals surface area contributed by atoms with Crippen LogP contribution in [0, 0.1) is 0 Å². The predicted molar refractivity (Wildman–Crippen MR) is 74.3 cm³/mol. The molecule has 0 bridgehead atoms. The van der Waals surface area contributed by atoms with E-state index in [-0.39, 0.29) is 12.5 Å². The summed E-state index contributed by atoms with van der Waals surface area (Å²) in [5.41, 5.74) is -0.240. The lowest BCUT2D eigenvalue weighted by Gasteiger charge is -2.19. The van der Waals surface area contributed by atoms with Crippen LogP contribution in [0.4, 0.5) is 10.5 Å². The maximum absolute atomic E-state index is 12.4. The Balaban J connectivity index is 1.66. The molecule has 110 valence electrons. The van der Waals surface area contributed by atoms with Crippen LogP contribution in [0.3, 0.4) is 0 Å². The zero-order valence-corrected chi connectivity index (χ0v) is 11.5. The molecule has 1 aliphatic heterocycles. The number of aromatic nitrogens is 1. The van der Waals surface area contributed by atoms with Gasteiger partial charge < -0.3 is 10.6 Å². The second kappa shape index (κ2) is 5.16. The van der Waals surface area contributed by atoms with Crippen molar-refractivity contribution in [2.45, 2.75) is 31.2 Å². The standard InChI is InChI=1S/C14H16N4O3/c19-11(16-10-4-3-7-15-8-10)9-18-12(20)14(17-13(18)21)5-1-2-6-14/h3-4,7-8H,1-2,5-6,9H2,(H,16,19)(H,17,21). The second-order valence-corrected chi connectivity index (χ2v) is 5.40. The molecule has 0 radical (unpaired) electrons. The van der Waals surface area contributed by atoms with Crippen molar-refractivity contribution >= 4 is 23.5 Å². The van der Waals surface area contributed by atoms with Crippen LogP contribution in [-0.2, 0) is 9.59 Å². The van der Waals surface area contributed by atoms with Crippen LogP contribution in [-0.4, -0.2) is 39.8 Å². The summed E-state index contributed by atoms with van der Waals surface area (Å²) in [5, 5.41) is 5.36. The van der Waals surface area contributed by atoms with Gasteiger partial charge in [-0.05, 0) is 25.0 Å². The molecule has 0 atom stereocenters. The van der Waals surface area contributed by atoms with Gasteiger partial charge in [0.1, 0.15) is 12.1 Å². The summed E-state index contributed by atoms with van der Waals surface area (Å²) < 4.78 is 0. The summed E-state index contributed by atoms with van der Waals surface area (Å²) in [6.07, 6.45) is 6.24. The Labute approximate surface area is 121 Å². The molecule has 3 rings (SSSR count). The highest BCUT2D eigenvalue weighted by Crippen LogP contribution is 2.34. The van der Waals surface area contributed by atoms with Gasteiger partial charge in [-0.15, -0.1) is 0 Å². The summed E-state index contributed by atoms with van der Waals surface area (Å²) in [7, 11) is 0. The summed E-state index contributed by atoms with van der Waals surface area (Å²) in [6.45, 7) is -0.276. The van der Waals surface area contributed by atoms with Gasteiger partial charge >= 0.3 is 6.03 Å². The monoisotopic (exact) mass is 288 g/mol. The molecule has 0 unspecified atom stereocenters. The van der Waals surface area contributed by atoms with Gasteiger partial charge in [0.15, 0.2) is 0 Å². The lowest BCUT2D eigenvalue weighted by atomic mass is 9.98. The van der Waals surface area contributed by atoms with E-state index in [1.54, 1.807) is 18.3 Å². The van der Waals surface area contributed by atoms with Crippen LogP contribution in [0.2, 0.25) is 0 Å². The van der Waals surface area contributed by atoms with E-state index in [0.717, 1.165) is 17.7 Å². The SMILES string of the molecule is O=C(CN1C(=O)NC2(CCCC2)C1=O)Nc1cccnc1. The van der Waals surface area contributed by atoms with Gasteiger partial charge in [-0.2, -0.15) is 0 Å². The molecule has 1 saturated carbocycles. The zero-order valence-electron chi connectivity index (χ0n) is 11.5. The number of nitrogens with zero attached hydrogens (tertiary/aromatic N) is 2. The topological polar surface area (TPSA) is 91.4 Å². The number of carbonyl (C=O) groups excluding carboxylic acids is 3. The van der Waals surface area contributed by atoms with Crippen molar-refractivity contribution in [1.82, 2.24) is 15.2 Å². The number of hydrogen-bond acceptors (Lipinski definition) is 4. The fraction of sp³-hybridized carbons (Fsp3) is 0.429. The molecule has 0 aromatic carbocycles. The van der Waals surface area contributed by atoms with Crippen LogP contribution in [0.5, 0.6) is 0 Å². The molecular formula is C14H16N4O3. The molecule has 1 aliphatic carbocycles. The van der Waals surface area contributed by atoms with E-state index in [1.807, 2.05) is 0 Å². The Bertz CT molecular complexity index is 581. The molecule has 7 nitrogen and oxygen atoms in total. The molecule has 2 N–H and O–H groups in total. The summed E-state index contributed by atoms with van der Waals surface area (Å²) >= 11 is 0. The van der Waals surface area contributed by atoms with Gasteiger partial charge in [-0.1, -0.05) is 12.8 Å². The maximum Gasteiger partial charge on any atom is 0.325 e. The molecule has 1 saturated heterocycles. The summed E-state index contributed by atoms with van der Waals surface area (Å²) in [6, 6.07) is 2.90. The first-order valence-electron chi connectivity index (χ1n) is 6.95. The smallest absolute Gasteiger partial charge is 0.323 e. The van der Waals surface area contributed by atoms with E-state index in [9.17, 15) is 14.4 Å². The zero-order chi connectivity index (χ0) is 14.9. The number of urea groups is 1. The number of hydrogen-bond donors (Lipinski definition) is 2. The number of imide groups is 1. The first-order chi connectivity index (χ1) is 10.1. The third kappa shape index (κ3) is 2.46. The van der Waals surface area contributed by atoms with Crippen molar-refractivity contribution in [2.75, 3.05) is 11.9 Å². The molecule has 7 heteroatoms. The third-order valence-electron chi connectivity index (χ3n) is 3.95. The molecule has 2 heterocycles. The number of pyridine rings is 1. The Kier molecular flexibility index (Phi) is 3.32. The van der Waals surface area contributed by atoms with Crippen molar-refractivity contribution in [3.05, 3.63) is 24.5 Å². The largest absolute Gasteiger partial charge is 0.325 e.